The Kier molecular flexibility index (Phi) is 10.1. The van der Waals surface area contributed by atoms with Crippen molar-refractivity contribution >= 4 is 39.4 Å². The summed E-state index contributed by atoms with van der Waals surface area (Å²) >= 11 is 12.3. The highest BCUT2D eigenvalue weighted by molar-refractivity contribution is 7.87. The van der Waals surface area contributed by atoms with Crippen LogP contribution < -0.4 is 10.5 Å². The molecule has 9 nitrogen and oxygen atoms in total. The summed E-state index contributed by atoms with van der Waals surface area (Å²) in [5.74, 6) is -0.746. The number of hydrogen-bond donors (Lipinski definition) is 1. The van der Waals surface area contributed by atoms with Crippen LogP contribution in [0.15, 0.2) is 24.3 Å². The van der Waals surface area contributed by atoms with Crippen LogP contribution in [0.4, 0.5) is 4.79 Å². The van der Waals surface area contributed by atoms with Crippen molar-refractivity contribution in [1.29, 1.82) is 0 Å². The van der Waals surface area contributed by atoms with E-state index in [2.05, 4.69) is 9.28 Å². The minimum atomic E-state index is -4.23. The van der Waals surface area contributed by atoms with Gasteiger partial charge in [0.2, 0.25) is 5.88 Å². The van der Waals surface area contributed by atoms with E-state index >= 15 is 0 Å². The van der Waals surface area contributed by atoms with Gasteiger partial charge in [-0.05, 0) is 30.5 Å². The number of benzene rings is 1. The third-order valence-electron chi connectivity index (χ3n) is 4.57. The highest BCUT2D eigenvalue weighted by Gasteiger charge is 2.27. The molecule has 32 heavy (non-hydrogen) atoms. The number of aromatic nitrogens is 2. The van der Waals surface area contributed by atoms with Gasteiger partial charge in [0.05, 0.1) is 18.9 Å². The van der Waals surface area contributed by atoms with Crippen molar-refractivity contribution < 1.29 is 26.9 Å². The number of unbranched alkanes of at least 4 members (excludes halogenated alkanes) is 1. The Morgan fingerprint density at radius 1 is 1.25 bits per heavy atom. The topological polar surface area (TPSA) is 123 Å². The maximum atomic E-state index is 12.3. The predicted octanol–water partition coefficient (Wildman–Crippen LogP) is 3.96. The molecule has 1 unspecified atom stereocenters. The number of carbonyl (C=O) groups excluding carboxylic acids is 1. The Bertz CT molecular complexity index is 1010. The summed E-state index contributed by atoms with van der Waals surface area (Å²) in [7, 11) is -2.72. The molecule has 0 saturated carbocycles. The summed E-state index contributed by atoms with van der Waals surface area (Å²) in [4.78, 5) is 11.0. The second-order valence-corrected chi connectivity index (χ2v) is 9.57. The van der Waals surface area contributed by atoms with E-state index in [0.717, 1.165) is 18.4 Å². The van der Waals surface area contributed by atoms with Crippen molar-refractivity contribution in [3.05, 3.63) is 45.6 Å². The quantitative estimate of drug-likeness (QED) is 0.321. The number of amides is 1. The van der Waals surface area contributed by atoms with Crippen LogP contribution >= 0.6 is 23.2 Å². The molecule has 0 aliphatic heterocycles. The molecule has 12 heteroatoms. The minimum Gasteiger partial charge on any atom is -0.477 e. The Balaban J connectivity index is 2.42. The van der Waals surface area contributed by atoms with E-state index < -0.39 is 27.9 Å². The highest BCUT2D eigenvalue weighted by atomic mass is 35.5. The Hall–Kier alpha value is -2.01. The highest BCUT2D eigenvalue weighted by Crippen LogP contribution is 2.29. The maximum Gasteiger partial charge on any atom is 0.420 e. The zero-order chi connectivity index (χ0) is 23.7. The Morgan fingerprint density at radius 3 is 2.62 bits per heavy atom. The first-order chi connectivity index (χ1) is 15.1. The SMILES string of the molecule is CCCCOc1cc(C(CCOC)CS(=O)(=O)OC(N)=O)n(Cc2ccc(Cl)cc2Cl)n1. The smallest absolute Gasteiger partial charge is 0.420 e. The van der Waals surface area contributed by atoms with E-state index in [-0.39, 0.29) is 13.2 Å². The van der Waals surface area contributed by atoms with Gasteiger partial charge in [-0.25, -0.2) is 4.79 Å². The fourth-order valence-corrected chi connectivity index (χ4v) is 4.66. The van der Waals surface area contributed by atoms with Crippen molar-refractivity contribution in [2.45, 2.75) is 38.6 Å². The third kappa shape index (κ3) is 8.16. The molecule has 1 aromatic heterocycles. The first kappa shape index (κ1) is 26.2. The summed E-state index contributed by atoms with van der Waals surface area (Å²) in [5, 5.41) is 5.44. The normalized spacial score (nSPS) is 12.5. The van der Waals surface area contributed by atoms with Gasteiger partial charge in [-0.15, -0.1) is 5.10 Å². The number of carbonyl (C=O) groups is 1. The van der Waals surface area contributed by atoms with Gasteiger partial charge in [0.1, 0.15) is 0 Å². The van der Waals surface area contributed by atoms with Gasteiger partial charge in [0.25, 0.3) is 0 Å². The molecule has 178 valence electrons. The monoisotopic (exact) mass is 507 g/mol. The number of methoxy groups -OCH3 is 1. The molecule has 0 aliphatic rings. The summed E-state index contributed by atoms with van der Waals surface area (Å²) in [6, 6.07) is 6.77. The molecule has 2 N–H and O–H groups in total. The number of halogens is 2. The van der Waals surface area contributed by atoms with Crippen molar-refractivity contribution in [3.8, 4) is 5.88 Å². The van der Waals surface area contributed by atoms with E-state index in [0.29, 0.717) is 34.6 Å². The van der Waals surface area contributed by atoms with Crippen LogP contribution in [-0.2, 0) is 25.6 Å². The van der Waals surface area contributed by atoms with Crippen LogP contribution in [0.25, 0.3) is 0 Å². The minimum absolute atomic E-state index is 0.253. The standard InChI is InChI=1S/C20H27Cl2N3O6S/c1-3-4-8-30-19-11-18(15(7-9-29-2)13-32(27,28)31-20(23)26)25(24-19)12-14-5-6-16(21)10-17(14)22/h5-6,10-11,15H,3-4,7-9,12-13H2,1-2H3,(H2,23,26). The summed E-state index contributed by atoms with van der Waals surface area (Å²) in [5.41, 5.74) is 6.20. The van der Waals surface area contributed by atoms with Crippen molar-refractivity contribution in [2.24, 2.45) is 5.73 Å². The third-order valence-corrected chi connectivity index (χ3v) is 6.39. The van der Waals surface area contributed by atoms with Crippen LogP contribution in [-0.4, -0.2) is 50.4 Å². The number of rotatable bonds is 13. The van der Waals surface area contributed by atoms with Crippen molar-refractivity contribution in [1.82, 2.24) is 9.78 Å². The summed E-state index contributed by atoms with van der Waals surface area (Å²) in [6.45, 7) is 3.04. The second kappa shape index (κ2) is 12.3. The van der Waals surface area contributed by atoms with Crippen LogP contribution in [0.3, 0.4) is 0 Å². The maximum absolute atomic E-state index is 12.3. The average molecular weight is 508 g/mol. The molecule has 1 heterocycles. The lowest BCUT2D eigenvalue weighted by Gasteiger charge is -2.18. The molecule has 2 aromatic rings. The van der Waals surface area contributed by atoms with Gasteiger partial charge >= 0.3 is 16.2 Å². The van der Waals surface area contributed by atoms with Crippen molar-refractivity contribution in [3.63, 3.8) is 0 Å². The number of nitrogens with zero attached hydrogens (tertiary/aromatic N) is 2. The number of primary amides is 1. The lowest BCUT2D eigenvalue weighted by Crippen LogP contribution is -2.25. The van der Waals surface area contributed by atoms with E-state index in [1.54, 1.807) is 28.9 Å². The van der Waals surface area contributed by atoms with Crippen LogP contribution in [0.2, 0.25) is 10.0 Å². The van der Waals surface area contributed by atoms with Gasteiger partial charge in [-0.1, -0.05) is 42.6 Å². The van der Waals surface area contributed by atoms with Crippen LogP contribution in [0, 0.1) is 0 Å². The summed E-state index contributed by atoms with van der Waals surface area (Å²) in [6.07, 6.45) is 0.735. The Labute approximate surface area is 197 Å². The molecule has 0 bridgehead atoms. The van der Waals surface area contributed by atoms with E-state index in [4.69, 9.17) is 38.4 Å². The Morgan fingerprint density at radius 2 is 2.00 bits per heavy atom. The van der Waals surface area contributed by atoms with Crippen LogP contribution in [0.5, 0.6) is 5.88 Å². The van der Waals surface area contributed by atoms with E-state index in [1.807, 2.05) is 6.92 Å². The number of hydrogen-bond acceptors (Lipinski definition) is 7. The van der Waals surface area contributed by atoms with Gasteiger partial charge in [-0.3, -0.25) is 4.68 Å². The molecule has 1 aromatic carbocycles. The number of nitrogens with two attached hydrogens (primary N) is 1. The molecule has 1 amide bonds. The fraction of sp³-hybridized carbons (Fsp3) is 0.500. The van der Waals surface area contributed by atoms with E-state index in [9.17, 15) is 13.2 Å². The molecule has 0 fully saturated rings. The first-order valence-electron chi connectivity index (χ1n) is 10.00. The number of ether oxygens (including phenoxy) is 2. The predicted molar refractivity (Wildman–Crippen MR) is 122 cm³/mol. The zero-order valence-electron chi connectivity index (χ0n) is 17.9. The molecular formula is C20H27Cl2N3O6S. The molecule has 0 radical (unpaired) electrons. The lowest BCUT2D eigenvalue weighted by molar-refractivity contribution is 0.188. The zero-order valence-corrected chi connectivity index (χ0v) is 20.3. The van der Waals surface area contributed by atoms with Crippen LogP contribution in [0.1, 0.15) is 43.4 Å². The molecule has 0 spiro atoms. The van der Waals surface area contributed by atoms with Gasteiger partial charge in [0.15, 0.2) is 0 Å². The largest absolute Gasteiger partial charge is 0.477 e. The fourth-order valence-electron chi connectivity index (χ4n) is 3.05. The lowest BCUT2D eigenvalue weighted by atomic mass is 10.0. The summed E-state index contributed by atoms with van der Waals surface area (Å²) < 4.78 is 41.4. The molecule has 0 saturated heterocycles. The molecule has 0 aliphatic carbocycles. The van der Waals surface area contributed by atoms with Gasteiger partial charge in [0, 0.05) is 41.4 Å². The molecule has 1 atom stereocenters. The van der Waals surface area contributed by atoms with Gasteiger partial charge < -0.3 is 19.4 Å². The molecular weight excluding hydrogens is 481 g/mol. The second-order valence-electron chi connectivity index (χ2n) is 7.11. The average Bonchev–Trinajstić information content (AvgIpc) is 3.09. The van der Waals surface area contributed by atoms with E-state index in [1.165, 1.54) is 7.11 Å². The van der Waals surface area contributed by atoms with Gasteiger partial charge in [-0.2, -0.15) is 8.42 Å². The van der Waals surface area contributed by atoms with Crippen molar-refractivity contribution in [2.75, 3.05) is 26.1 Å². The first-order valence-corrected chi connectivity index (χ1v) is 12.3. The molecule has 2 rings (SSSR count).